The van der Waals surface area contributed by atoms with E-state index in [-0.39, 0.29) is 17.5 Å². The summed E-state index contributed by atoms with van der Waals surface area (Å²) in [5.41, 5.74) is 2.37. The molecule has 7 heteroatoms. The van der Waals surface area contributed by atoms with E-state index in [1.807, 2.05) is 36.5 Å². The SMILES string of the molecule is O=C(Nc1cc2cc(-c3cccnc3)ccc2cn1)c1coc(C2CCNCC2)n1. The van der Waals surface area contributed by atoms with E-state index in [1.165, 1.54) is 6.26 Å². The maximum Gasteiger partial charge on any atom is 0.278 e. The van der Waals surface area contributed by atoms with Crippen LogP contribution in [-0.2, 0) is 0 Å². The van der Waals surface area contributed by atoms with Crippen molar-refractivity contribution < 1.29 is 9.21 Å². The van der Waals surface area contributed by atoms with Crippen molar-refractivity contribution in [2.45, 2.75) is 18.8 Å². The molecule has 1 saturated heterocycles. The standard InChI is InChI=1S/C23H21N5O2/c29-22(20-14-30-23(27-20)15-5-8-24-9-6-15)28-21-11-19-10-16(3-4-18(19)13-26-21)17-2-1-7-25-12-17/h1-4,7,10-15,24H,5-6,8-9H2,(H,26,28,29). The lowest BCUT2D eigenvalue weighted by Gasteiger charge is -2.19. The van der Waals surface area contributed by atoms with Crippen LogP contribution >= 0.6 is 0 Å². The van der Waals surface area contributed by atoms with Gasteiger partial charge in [-0.15, -0.1) is 0 Å². The molecule has 0 unspecified atom stereocenters. The van der Waals surface area contributed by atoms with E-state index in [2.05, 4.69) is 31.7 Å². The van der Waals surface area contributed by atoms with Gasteiger partial charge in [-0.05, 0) is 55.1 Å². The summed E-state index contributed by atoms with van der Waals surface area (Å²) in [5, 5.41) is 8.12. The molecule has 4 heterocycles. The van der Waals surface area contributed by atoms with E-state index in [4.69, 9.17) is 4.42 Å². The molecule has 0 radical (unpaired) electrons. The smallest absolute Gasteiger partial charge is 0.278 e. The molecule has 4 aromatic rings. The molecule has 2 N–H and O–H groups in total. The molecule has 7 nitrogen and oxygen atoms in total. The first-order valence-corrected chi connectivity index (χ1v) is 10.0. The van der Waals surface area contributed by atoms with Gasteiger partial charge in [-0.3, -0.25) is 9.78 Å². The number of oxazole rings is 1. The molecular weight excluding hydrogens is 378 g/mol. The Kier molecular flexibility index (Phi) is 4.94. The summed E-state index contributed by atoms with van der Waals surface area (Å²) in [6.45, 7) is 1.88. The minimum atomic E-state index is -0.325. The summed E-state index contributed by atoms with van der Waals surface area (Å²) in [6.07, 6.45) is 8.69. The average molecular weight is 399 g/mol. The normalized spacial score (nSPS) is 14.7. The fraction of sp³-hybridized carbons (Fsp3) is 0.217. The van der Waals surface area contributed by atoms with Crippen LogP contribution in [0, 0.1) is 0 Å². The Labute approximate surface area is 173 Å². The van der Waals surface area contributed by atoms with Crippen molar-refractivity contribution in [1.29, 1.82) is 0 Å². The van der Waals surface area contributed by atoms with Crippen LogP contribution in [0.3, 0.4) is 0 Å². The van der Waals surface area contributed by atoms with Gasteiger partial charge in [0.25, 0.3) is 5.91 Å². The highest BCUT2D eigenvalue weighted by Crippen LogP contribution is 2.26. The van der Waals surface area contributed by atoms with Gasteiger partial charge in [-0.25, -0.2) is 9.97 Å². The lowest BCUT2D eigenvalue weighted by molar-refractivity contribution is 0.102. The van der Waals surface area contributed by atoms with Crippen LogP contribution in [0.15, 0.2) is 65.7 Å². The monoisotopic (exact) mass is 399 g/mol. The van der Waals surface area contributed by atoms with Crippen LogP contribution in [0.25, 0.3) is 21.9 Å². The maximum atomic E-state index is 12.6. The summed E-state index contributed by atoms with van der Waals surface area (Å²) in [4.78, 5) is 25.6. The zero-order chi connectivity index (χ0) is 20.3. The van der Waals surface area contributed by atoms with E-state index in [1.54, 1.807) is 12.4 Å². The lowest BCUT2D eigenvalue weighted by atomic mass is 9.98. The van der Waals surface area contributed by atoms with E-state index in [0.717, 1.165) is 47.8 Å². The van der Waals surface area contributed by atoms with Gasteiger partial charge in [0, 0.05) is 35.5 Å². The molecule has 5 rings (SSSR count). The lowest BCUT2D eigenvalue weighted by Crippen LogP contribution is -2.26. The second kappa shape index (κ2) is 8.04. The Morgan fingerprint density at radius 1 is 1.07 bits per heavy atom. The Hall–Kier alpha value is -3.58. The van der Waals surface area contributed by atoms with Gasteiger partial charge in [0.2, 0.25) is 0 Å². The molecule has 1 aliphatic rings. The van der Waals surface area contributed by atoms with Crippen molar-refractivity contribution in [1.82, 2.24) is 20.3 Å². The van der Waals surface area contributed by atoms with Gasteiger partial charge in [0.15, 0.2) is 11.6 Å². The Balaban J connectivity index is 1.36. The molecule has 0 aliphatic carbocycles. The van der Waals surface area contributed by atoms with Crippen LogP contribution in [0.4, 0.5) is 5.82 Å². The van der Waals surface area contributed by atoms with Crippen molar-refractivity contribution in [3.8, 4) is 11.1 Å². The van der Waals surface area contributed by atoms with Gasteiger partial charge < -0.3 is 15.1 Å². The van der Waals surface area contributed by atoms with Crippen molar-refractivity contribution in [2.24, 2.45) is 0 Å². The molecule has 1 aromatic carbocycles. The molecule has 3 aromatic heterocycles. The number of fused-ring (bicyclic) bond motifs is 1. The molecule has 150 valence electrons. The molecule has 1 amide bonds. The van der Waals surface area contributed by atoms with Crippen LogP contribution in [0.2, 0.25) is 0 Å². The highest BCUT2D eigenvalue weighted by molar-refractivity contribution is 6.03. The molecule has 0 bridgehead atoms. The van der Waals surface area contributed by atoms with Crippen molar-refractivity contribution in [2.75, 3.05) is 18.4 Å². The number of benzene rings is 1. The summed E-state index contributed by atoms with van der Waals surface area (Å²) >= 11 is 0. The van der Waals surface area contributed by atoms with Crippen molar-refractivity contribution in [3.05, 3.63) is 72.8 Å². The third-order valence-electron chi connectivity index (χ3n) is 5.40. The first kappa shape index (κ1) is 18.4. The number of rotatable bonds is 4. The van der Waals surface area contributed by atoms with Crippen LogP contribution in [0.5, 0.6) is 0 Å². The van der Waals surface area contributed by atoms with Crippen LogP contribution in [-0.4, -0.2) is 33.9 Å². The number of amides is 1. The maximum absolute atomic E-state index is 12.6. The Morgan fingerprint density at radius 2 is 1.97 bits per heavy atom. The number of hydrogen-bond donors (Lipinski definition) is 2. The number of carbonyl (C=O) groups excluding carboxylic acids is 1. The number of aromatic nitrogens is 3. The topological polar surface area (TPSA) is 92.9 Å². The average Bonchev–Trinajstić information content (AvgIpc) is 3.30. The molecule has 0 saturated carbocycles. The van der Waals surface area contributed by atoms with E-state index < -0.39 is 0 Å². The molecule has 1 aliphatic heterocycles. The van der Waals surface area contributed by atoms with Gasteiger partial charge in [-0.1, -0.05) is 18.2 Å². The van der Waals surface area contributed by atoms with Gasteiger partial charge in [0.1, 0.15) is 12.1 Å². The summed E-state index contributed by atoms with van der Waals surface area (Å²) in [7, 11) is 0. The predicted octanol–water partition coefficient (Wildman–Crippen LogP) is 4.00. The highest BCUT2D eigenvalue weighted by atomic mass is 16.3. The van der Waals surface area contributed by atoms with Gasteiger partial charge in [0.05, 0.1) is 0 Å². The summed E-state index contributed by atoms with van der Waals surface area (Å²) in [5.74, 6) is 1.04. The quantitative estimate of drug-likeness (QED) is 0.539. The van der Waals surface area contributed by atoms with E-state index in [9.17, 15) is 4.79 Å². The van der Waals surface area contributed by atoms with Crippen molar-refractivity contribution in [3.63, 3.8) is 0 Å². The van der Waals surface area contributed by atoms with Gasteiger partial charge >= 0.3 is 0 Å². The Bertz CT molecular complexity index is 1180. The highest BCUT2D eigenvalue weighted by Gasteiger charge is 2.22. The van der Waals surface area contributed by atoms with Gasteiger partial charge in [-0.2, -0.15) is 0 Å². The summed E-state index contributed by atoms with van der Waals surface area (Å²) < 4.78 is 5.57. The van der Waals surface area contributed by atoms with E-state index in [0.29, 0.717) is 11.7 Å². The van der Waals surface area contributed by atoms with Crippen molar-refractivity contribution >= 4 is 22.5 Å². The third kappa shape index (κ3) is 3.79. The second-order valence-corrected chi connectivity index (χ2v) is 7.42. The fourth-order valence-electron chi connectivity index (χ4n) is 3.75. The number of piperidine rings is 1. The number of pyridine rings is 2. The largest absolute Gasteiger partial charge is 0.448 e. The molecule has 0 atom stereocenters. The molecule has 30 heavy (non-hydrogen) atoms. The predicted molar refractivity (Wildman–Crippen MR) is 114 cm³/mol. The molecule has 0 spiro atoms. The molecular formula is C23H21N5O2. The number of anilines is 1. The number of nitrogens with zero attached hydrogens (tertiary/aromatic N) is 3. The minimum absolute atomic E-state index is 0.262. The zero-order valence-electron chi connectivity index (χ0n) is 16.3. The van der Waals surface area contributed by atoms with Crippen LogP contribution in [0.1, 0.15) is 35.1 Å². The fourth-order valence-corrected chi connectivity index (χ4v) is 3.75. The number of hydrogen-bond acceptors (Lipinski definition) is 6. The first-order chi connectivity index (χ1) is 14.8. The summed E-state index contributed by atoms with van der Waals surface area (Å²) in [6, 6.07) is 11.9. The Morgan fingerprint density at radius 3 is 2.80 bits per heavy atom. The second-order valence-electron chi connectivity index (χ2n) is 7.42. The number of nitrogens with one attached hydrogen (secondary N) is 2. The third-order valence-corrected chi connectivity index (χ3v) is 5.40. The van der Waals surface area contributed by atoms with E-state index >= 15 is 0 Å². The van der Waals surface area contributed by atoms with Crippen LogP contribution < -0.4 is 10.6 Å². The number of carbonyl (C=O) groups is 1. The first-order valence-electron chi connectivity index (χ1n) is 10.0. The molecule has 1 fully saturated rings. The zero-order valence-corrected chi connectivity index (χ0v) is 16.3. The minimum Gasteiger partial charge on any atom is -0.448 e.